The van der Waals surface area contributed by atoms with Crippen molar-refractivity contribution in [2.75, 3.05) is 13.1 Å². The standard InChI is InChI=1S/C8H20NO2.H2O/c1-5-9(6-2,7(3)10)8(4)11;/h7-8,10-11H,5-6H2,1-4H3;1H2/q+1;/p-1. The van der Waals surface area contributed by atoms with Gasteiger partial charge in [0.2, 0.25) is 0 Å². The van der Waals surface area contributed by atoms with Gasteiger partial charge < -0.3 is 15.7 Å². The van der Waals surface area contributed by atoms with Crippen molar-refractivity contribution in [2.24, 2.45) is 0 Å². The maximum atomic E-state index is 9.45. The number of aliphatic hydroxyl groups is 2. The number of hydrogen-bond acceptors (Lipinski definition) is 3. The van der Waals surface area contributed by atoms with Crippen LogP contribution in [0.15, 0.2) is 0 Å². The summed E-state index contributed by atoms with van der Waals surface area (Å²) >= 11 is 0. The summed E-state index contributed by atoms with van der Waals surface area (Å²) in [5.41, 5.74) is 0. The molecule has 2 atom stereocenters. The van der Waals surface area contributed by atoms with Crippen LogP contribution in [0.2, 0.25) is 0 Å². The molecular formula is C8H21NO3. The van der Waals surface area contributed by atoms with Gasteiger partial charge in [0.1, 0.15) is 0 Å². The Bertz CT molecular complexity index is 101. The molecule has 2 unspecified atom stereocenters. The molecule has 0 saturated carbocycles. The summed E-state index contributed by atoms with van der Waals surface area (Å²) < 4.78 is 0.361. The fourth-order valence-electron chi connectivity index (χ4n) is 1.59. The van der Waals surface area contributed by atoms with Crippen LogP contribution in [-0.4, -0.2) is 45.7 Å². The summed E-state index contributed by atoms with van der Waals surface area (Å²) in [6.45, 7) is 8.91. The zero-order valence-electron chi connectivity index (χ0n) is 8.36. The predicted molar refractivity (Wildman–Crippen MR) is 46.6 cm³/mol. The van der Waals surface area contributed by atoms with Crippen LogP contribution >= 0.6 is 0 Å². The van der Waals surface area contributed by atoms with E-state index in [0.717, 1.165) is 13.1 Å². The second-order valence-corrected chi connectivity index (χ2v) is 3.00. The van der Waals surface area contributed by atoms with Crippen molar-refractivity contribution in [1.82, 2.24) is 0 Å². The van der Waals surface area contributed by atoms with Gasteiger partial charge in [0.05, 0.1) is 13.1 Å². The first-order valence-corrected chi connectivity index (χ1v) is 4.23. The zero-order chi connectivity index (χ0) is 9.07. The minimum absolute atomic E-state index is 0. The van der Waals surface area contributed by atoms with Crippen molar-refractivity contribution < 1.29 is 20.2 Å². The maximum Gasteiger partial charge on any atom is 0.189 e. The number of hydrogen-bond donors (Lipinski definition) is 2. The van der Waals surface area contributed by atoms with E-state index in [1.165, 1.54) is 0 Å². The van der Waals surface area contributed by atoms with Crippen molar-refractivity contribution in [3.05, 3.63) is 0 Å². The highest BCUT2D eigenvalue weighted by Crippen LogP contribution is 2.15. The molecule has 0 rings (SSSR count). The van der Waals surface area contributed by atoms with E-state index < -0.39 is 12.5 Å². The summed E-state index contributed by atoms with van der Waals surface area (Å²) in [4.78, 5) is 0. The van der Waals surface area contributed by atoms with E-state index in [1.807, 2.05) is 13.8 Å². The third kappa shape index (κ3) is 2.42. The SMILES string of the molecule is CC[N+](CC)(C(C)O)C(C)O.[OH-]. The Balaban J connectivity index is 0. The second-order valence-electron chi connectivity index (χ2n) is 3.00. The van der Waals surface area contributed by atoms with E-state index in [0.29, 0.717) is 4.48 Å². The molecule has 4 nitrogen and oxygen atoms in total. The Morgan fingerprint density at radius 3 is 1.25 bits per heavy atom. The van der Waals surface area contributed by atoms with Crippen LogP contribution in [0.25, 0.3) is 0 Å². The van der Waals surface area contributed by atoms with Gasteiger partial charge in [0.25, 0.3) is 0 Å². The lowest BCUT2D eigenvalue weighted by Crippen LogP contribution is -2.59. The van der Waals surface area contributed by atoms with Crippen LogP contribution in [0, 0.1) is 0 Å². The summed E-state index contributed by atoms with van der Waals surface area (Å²) in [5.74, 6) is 0. The van der Waals surface area contributed by atoms with Crippen LogP contribution < -0.4 is 0 Å². The highest BCUT2D eigenvalue weighted by Gasteiger charge is 2.33. The minimum Gasteiger partial charge on any atom is -0.870 e. The minimum atomic E-state index is -0.495. The first kappa shape index (κ1) is 14.4. The Morgan fingerprint density at radius 1 is 1.00 bits per heavy atom. The van der Waals surface area contributed by atoms with Gasteiger partial charge in [-0.3, -0.25) is 4.48 Å². The van der Waals surface area contributed by atoms with E-state index in [4.69, 9.17) is 0 Å². The number of rotatable bonds is 4. The molecule has 76 valence electrons. The van der Waals surface area contributed by atoms with Gasteiger partial charge in [-0.15, -0.1) is 0 Å². The van der Waals surface area contributed by atoms with Gasteiger partial charge in [0.15, 0.2) is 12.5 Å². The third-order valence-corrected chi connectivity index (χ3v) is 2.67. The van der Waals surface area contributed by atoms with E-state index >= 15 is 0 Å². The predicted octanol–water partition coefficient (Wildman–Crippen LogP) is 0.343. The van der Waals surface area contributed by atoms with Gasteiger partial charge in [-0.05, 0) is 13.8 Å². The fourth-order valence-corrected chi connectivity index (χ4v) is 1.59. The molecule has 0 aromatic carbocycles. The molecule has 0 aliphatic heterocycles. The van der Waals surface area contributed by atoms with Crippen molar-refractivity contribution in [1.29, 1.82) is 0 Å². The summed E-state index contributed by atoms with van der Waals surface area (Å²) in [5, 5.41) is 18.9. The van der Waals surface area contributed by atoms with Gasteiger partial charge in [-0.2, -0.15) is 0 Å². The molecule has 0 spiro atoms. The van der Waals surface area contributed by atoms with Gasteiger partial charge >= 0.3 is 0 Å². The molecule has 0 heterocycles. The quantitative estimate of drug-likeness (QED) is 0.483. The zero-order valence-corrected chi connectivity index (χ0v) is 8.36. The molecule has 0 radical (unpaired) electrons. The van der Waals surface area contributed by atoms with Crippen LogP contribution in [0.4, 0.5) is 0 Å². The molecule has 0 aliphatic rings. The van der Waals surface area contributed by atoms with Gasteiger partial charge in [-0.1, -0.05) is 0 Å². The van der Waals surface area contributed by atoms with Crippen molar-refractivity contribution in [2.45, 2.75) is 40.2 Å². The second kappa shape index (κ2) is 5.48. The average molecular weight is 179 g/mol. The third-order valence-electron chi connectivity index (χ3n) is 2.67. The topological polar surface area (TPSA) is 70.5 Å². The lowest BCUT2D eigenvalue weighted by atomic mass is 10.3. The molecule has 0 aliphatic carbocycles. The first-order chi connectivity index (χ1) is 5.01. The Labute approximate surface area is 74.3 Å². The lowest BCUT2D eigenvalue weighted by molar-refractivity contribution is -1.00. The highest BCUT2D eigenvalue weighted by atomic mass is 16.3. The smallest absolute Gasteiger partial charge is 0.189 e. The van der Waals surface area contributed by atoms with Crippen molar-refractivity contribution in [3.8, 4) is 0 Å². The number of nitrogens with zero attached hydrogens (tertiary/aromatic N) is 1. The Kier molecular flexibility index (Phi) is 6.56. The Hall–Kier alpha value is -0.160. The molecule has 12 heavy (non-hydrogen) atoms. The molecule has 0 bridgehead atoms. The van der Waals surface area contributed by atoms with E-state index in [2.05, 4.69) is 0 Å². The highest BCUT2D eigenvalue weighted by molar-refractivity contribution is 4.40. The van der Waals surface area contributed by atoms with Crippen LogP contribution in [0.5, 0.6) is 0 Å². The molecule has 0 amide bonds. The first-order valence-electron chi connectivity index (χ1n) is 4.23. The van der Waals surface area contributed by atoms with E-state index in [9.17, 15) is 10.2 Å². The summed E-state index contributed by atoms with van der Waals surface area (Å²) in [6.07, 6.45) is -0.991. The van der Waals surface area contributed by atoms with Crippen molar-refractivity contribution in [3.63, 3.8) is 0 Å². The molecule has 4 heteroatoms. The molecule has 0 fully saturated rings. The Morgan fingerprint density at radius 2 is 1.25 bits per heavy atom. The average Bonchev–Trinajstić information content (AvgIpc) is 1.90. The van der Waals surface area contributed by atoms with Gasteiger partial charge in [0, 0.05) is 13.8 Å². The monoisotopic (exact) mass is 179 g/mol. The van der Waals surface area contributed by atoms with E-state index in [-0.39, 0.29) is 5.48 Å². The molecule has 0 aromatic rings. The van der Waals surface area contributed by atoms with Crippen LogP contribution in [0.3, 0.4) is 0 Å². The van der Waals surface area contributed by atoms with Crippen LogP contribution in [0.1, 0.15) is 27.7 Å². The van der Waals surface area contributed by atoms with Gasteiger partial charge in [-0.25, -0.2) is 0 Å². The molecular weight excluding hydrogens is 158 g/mol. The molecule has 3 N–H and O–H groups in total. The number of aliphatic hydroxyl groups excluding tert-OH is 2. The normalized spacial score (nSPS) is 16.5. The largest absolute Gasteiger partial charge is 0.870 e. The lowest BCUT2D eigenvalue weighted by Gasteiger charge is -2.41. The fraction of sp³-hybridized carbons (Fsp3) is 1.00. The molecule has 0 saturated heterocycles. The maximum absolute atomic E-state index is 9.45. The van der Waals surface area contributed by atoms with E-state index in [1.54, 1.807) is 13.8 Å². The summed E-state index contributed by atoms with van der Waals surface area (Å²) in [6, 6.07) is 0. The number of quaternary nitrogens is 1. The summed E-state index contributed by atoms with van der Waals surface area (Å²) in [7, 11) is 0. The van der Waals surface area contributed by atoms with Crippen molar-refractivity contribution >= 4 is 0 Å². The van der Waals surface area contributed by atoms with Crippen LogP contribution in [-0.2, 0) is 0 Å². The molecule has 0 aromatic heterocycles.